The first kappa shape index (κ1) is 29.3. The average Bonchev–Trinajstić information content (AvgIpc) is 2.56. The van der Waals surface area contributed by atoms with E-state index in [2.05, 4.69) is 0 Å². The molecule has 0 atom stereocenters. The van der Waals surface area contributed by atoms with E-state index in [1.165, 1.54) is 71.9 Å². The molecule has 3 nitrogen and oxygen atoms in total. The fourth-order valence-electron chi connectivity index (χ4n) is 3.00. The van der Waals surface area contributed by atoms with Crippen LogP contribution < -0.4 is 18.8 Å². The molecule has 0 spiro atoms. The van der Waals surface area contributed by atoms with Crippen LogP contribution in [-0.4, -0.2) is 38.5 Å². The van der Waals surface area contributed by atoms with Crippen molar-refractivity contribution in [3.8, 4) is 0 Å². The van der Waals surface area contributed by atoms with Gasteiger partial charge in [0.1, 0.15) is 0 Å². The molecule has 1 rings (SSSR count). The van der Waals surface area contributed by atoms with Gasteiger partial charge < -0.3 is 0 Å². The van der Waals surface area contributed by atoms with E-state index in [4.69, 9.17) is 2.51 Å². The molecule has 0 fully saturated rings. The molecular weight excluding hydrogens is 594 g/mol. The first-order valence-electron chi connectivity index (χ1n) is 8.79. The molecule has 190 valence electrons. The Balaban J connectivity index is 3.88. The van der Waals surface area contributed by atoms with E-state index in [1.54, 1.807) is 0 Å². The number of hydrogen-bond donors (Lipinski definition) is 0. The number of halogens is 10. The van der Waals surface area contributed by atoms with Crippen LogP contribution in [0.25, 0.3) is 0 Å². The van der Waals surface area contributed by atoms with Crippen LogP contribution in [0.4, 0.5) is 39.5 Å². The van der Waals surface area contributed by atoms with Crippen LogP contribution in [0.1, 0.15) is 41.5 Å². The second kappa shape index (κ2) is 8.17. The van der Waals surface area contributed by atoms with Gasteiger partial charge in [-0.25, -0.2) is 0 Å². The van der Waals surface area contributed by atoms with Crippen molar-refractivity contribution in [2.75, 3.05) is 0 Å². The number of benzene rings is 1. The fraction of sp³-hybridized carbons (Fsp3) is 0.667. The molecular formula is C18H23F9IO3S-. The zero-order valence-corrected chi connectivity index (χ0v) is 20.8. The molecule has 14 heteroatoms. The third kappa shape index (κ3) is 4.34. The molecule has 0 aliphatic carbocycles. The van der Waals surface area contributed by atoms with Gasteiger partial charge >= 0.3 is 185 Å². The molecule has 0 radical (unpaired) electrons. The third-order valence-electron chi connectivity index (χ3n) is 4.24. The maximum absolute atomic E-state index is 14.4. The van der Waals surface area contributed by atoms with Gasteiger partial charge in [0.05, 0.1) is 0 Å². The number of hydrogen-bond acceptors (Lipinski definition) is 3. The van der Waals surface area contributed by atoms with Gasteiger partial charge in [-0.3, -0.25) is 0 Å². The van der Waals surface area contributed by atoms with Crippen LogP contribution in [0, 0.1) is 3.57 Å². The zero-order valence-electron chi connectivity index (χ0n) is 17.8. The minimum absolute atomic E-state index is 0.0738. The Bertz CT molecular complexity index is 902. The van der Waals surface area contributed by atoms with Crippen LogP contribution in [-0.2, 0) is 12.6 Å². The normalized spacial score (nSPS) is 16.2. The third-order valence-corrected chi connectivity index (χ3v) is 20.1. The van der Waals surface area contributed by atoms with Crippen molar-refractivity contribution in [3.05, 3.63) is 33.9 Å². The maximum atomic E-state index is 14.4. The van der Waals surface area contributed by atoms with Gasteiger partial charge in [-0.15, -0.1) is 0 Å². The van der Waals surface area contributed by atoms with Gasteiger partial charge in [-0.05, 0) is 0 Å². The fourth-order valence-corrected chi connectivity index (χ4v) is 20.9. The molecule has 0 heterocycles. The van der Waals surface area contributed by atoms with Crippen LogP contribution in [0.2, 0.25) is 0 Å². The SMILES string of the molecule is CC(C)(C)[I-](OS(=O)(=O)C(F)(F)C(F)(F)C(F)(F)C(F)(F)F)(c1ccccc1)C(C)(C)C. The Kier molecular flexibility index (Phi) is 7.47. The Morgan fingerprint density at radius 2 is 1.06 bits per heavy atom. The van der Waals surface area contributed by atoms with Crippen molar-refractivity contribution in [3.63, 3.8) is 0 Å². The predicted molar refractivity (Wildman–Crippen MR) is 95.5 cm³/mol. The summed E-state index contributed by atoms with van der Waals surface area (Å²) in [6.45, 7) is 8.32. The van der Waals surface area contributed by atoms with Crippen LogP contribution in [0.15, 0.2) is 30.3 Å². The van der Waals surface area contributed by atoms with Crippen molar-refractivity contribution in [2.24, 2.45) is 0 Å². The Hall–Kier alpha value is -0.770. The van der Waals surface area contributed by atoms with Gasteiger partial charge in [-0.1, -0.05) is 0 Å². The molecule has 0 bridgehead atoms. The molecule has 1 aromatic carbocycles. The minimum atomic E-state index is -7.36. The van der Waals surface area contributed by atoms with Crippen LogP contribution >= 0.6 is 0 Å². The summed E-state index contributed by atoms with van der Waals surface area (Å²) in [6.07, 6.45) is -7.15. The summed E-state index contributed by atoms with van der Waals surface area (Å²) in [6, 6.07) is 6.89. The summed E-state index contributed by atoms with van der Waals surface area (Å²) in [5, 5.41) is -6.90. The molecule has 0 aliphatic rings. The van der Waals surface area contributed by atoms with E-state index in [0.717, 1.165) is 0 Å². The van der Waals surface area contributed by atoms with E-state index in [1.807, 2.05) is 0 Å². The summed E-state index contributed by atoms with van der Waals surface area (Å²) in [7, 11) is -7.02. The van der Waals surface area contributed by atoms with Crippen molar-refractivity contribution in [1.82, 2.24) is 0 Å². The van der Waals surface area contributed by atoms with E-state index in [9.17, 15) is 47.9 Å². The second-order valence-corrected chi connectivity index (χ2v) is 21.9. The Labute approximate surface area is 184 Å². The summed E-state index contributed by atoms with van der Waals surface area (Å²) < 4.78 is 148. The molecule has 0 saturated heterocycles. The van der Waals surface area contributed by atoms with Crippen molar-refractivity contribution >= 4 is 10.1 Å². The Morgan fingerprint density at radius 3 is 1.38 bits per heavy atom. The molecule has 1 aromatic rings. The van der Waals surface area contributed by atoms with Gasteiger partial charge in [0, 0.05) is 0 Å². The monoisotopic (exact) mass is 617 g/mol. The molecule has 0 aromatic heterocycles. The average molecular weight is 617 g/mol. The van der Waals surface area contributed by atoms with Crippen molar-refractivity contribution < 1.29 is 69.3 Å². The van der Waals surface area contributed by atoms with Gasteiger partial charge in [0.2, 0.25) is 0 Å². The molecule has 0 N–H and O–H groups in total. The quantitative estimate of drug-likeness (QED) is 0.280. The van der Waals surface area contributed by atoms with Gasteiger partial charge in [0.25, 0.3) is 0 Å². The summed E-state index contributed by atoms with van der Waals surface area (Å²) in [5.41, 5.74) is 0. The second-order valence-electron chi connectivity index (χ2n) is 8.62. The molecule has 0 unspecified atom stereocenters. The first-order chi connectivity index (χ1) is 13.8. The van der Waals surface area contributed by atoms with Gasteiger partial charge in [-0.2, -0.15) is 0 Å². The number of rotatable bonds is 6. The van der Waals surface area contributed by atoms with Crippen LogP contribution in [0.3, 0.4) is 0 Å². The number of alkyl halides is 11. The topological polar surface area (TPSA) is 43.4 Å². The van der Waals surface area contributed by atoms with Crippen molar-refractivity contribution in [2.45, 2.75) is 71.7 Å². The molecule has 0 saturated carbocycles. The standard InChI is InChI=1S/C18H23F9IO3S/c1-13(2,3)28(14(4,5)6,12-10-8-7-9-11-12)31-32(29,30)18(26,27)16(21,22)15(19,20)17(23,24)25/h7-11H,1-6H3/q-1. The van der Waals surface area contributed by atoms with E-state index >= 15 is 0 Å². The van der Waals surface area contributed by atoms with Crippen molar-refractivity contribution in [1.29, 1.82) is 0 Å². The van der Waals surface area contributed by atoms with E-state index in [-0.39, 0.29) is 3.57 Å². The molecule has 0 amide bonds. The van der Waals surface area contributed by atoms with E-state index < -0.39 is 59.1 Å². The molecule has 0 aliphatic heterocycles. The van der Waals surface area contributed by atoms with Crippen LogP contribution in [0.5, 0.6) is 0 Å². The first-order valence-corrected chi connectivity index (χ1v) is 14.3. The van der Waals surface area contributed by atoms with Gasteiger partial charge in [0.15, 0.2) is 0 Å². The van der Waals surface area contributed by atoms with E-state index in [0.29, 0.717) is 0 Å². The molecule has 32 heavy (non-hydrogen) atoms. The Morgan fingerprint density at radius 1 is 0.688 bits per heavy atom. The summed E-state index contributed by atoms with van der Waals surface area (Å²) >= 11 is -5.03. The predicted octanol–water partition coefficient (Wildman–Crippen LogP) is 3.30. The summed E-state index contributed by atoms with van der Waals surface area (Å²) in [4.78, 5) is 0. The zero-order chi connectivity index (χ0) is 25.8. The summed E-state index contributed by atoms with van der Waals surface area (Å²) in [5.74, 6) is -14.7.